The van der Waals surface area contributed by atoms with E-state index < -0.39 is 11.9 Å². The van der Waals surface area contributed by atoms with Crippen LogP contribution in [0.2, 0.25) is 0 Å². The van der Waals surface area contributed by atoms with Crippen molar-refractivity contribution in [2.45, 2.75) is 0 Å². The van der Waals surface area contributed by atoms with Gasteiger partial charge in [0.1, 0.15) is 11.3 Å². The summed E-state index contributed by atoms with van der Waals surface area (Å²) < 4.78 is 10.8. The summed E-state index contributed by atoms with van der Waals surface area (Å²) in [6, 6.07) is 19.1. The lowest BCUT2D eigenvalue weighted by atomic mass is 10.2. The van der Waals surface area contributed by atoms with E-state index in [2.05, 4.69) is 5.32 Å². The van der Waals surface area contributed by atoms with Gasteiger partial charge >= 0.3 is 5.97 Å². The largest absolute Gasteiger partial charge is 0.475 e. The summed E-state index contributed by atoms with van der Waals surface area (Å²) in [6.45, 7) is 0. The molecule has 6 nitrogen and oxygen atoms in total. The van der Waals surface area contributed by atoms with Crippen molar-refractivity contribution < 1.29 is 23.5 Å². The van der Waals surface area contributed by atoms with Crippen LogP contribution >= 0.6 is 0 Å². The fourth-order valence-corrected chi connectivity index (χ4v) is 2.64. The van der Waals surface area contributed by atoms with Gasteiger partial charge in [0.05, 0.1) is 0 Å². The van der Waals surface area contributed by atoms with E-state index in [0.29, 0.717) is 22.4 Å². The van der Waals surface area contributed by atoms with Crippen molar-refractivity contribution in [3.63, 3.8) is 0 Å². The van der Waals surface area contributed by atoms with E-state index in [9.17, 15) is 9.59 Å². The molecule has 1 amide bonds. The first-order chi connectivity index (χ1) is 12.6. The summed E-state index contributed by atoms with van der Waals surface area (Å²) >= 11 is 0. The van der Waals surface area contributed by atoms with E-state index >= 15 is 0 Å². The molecule has 0 fully saturated rings. The Morgan fingerprint density at radius 2 is 1.65 bits per heavy atom. The number of hydrogen-bond acceptors (Lipinski definition) is 4. The van der Waals surface area contributed by atoms with Crippen molar-refractivity contribution in [1.29, 1.82) is 0 Å². The first kappa shape index (κ1) is 15.7. The van der Waals surface area contributed by atoms with Gasteiger partial charge in [-0.2, -0.15) is 0 Å². The van der Waals surface area contributed by atoms with Crippen molar-refractivity contribution in [1.82, 2.24) is 0 Å². The summed E-state index contributed by atoms with van der Waals surface area (Å²) in [4.78, 5) is 23.3. The number of nitrogens with one attached hydrogen (secondary N) is 1. The second-order valence-corrected chi connectivity index (χ2v) is 5.65. The van der Waals surface area contributed by atoms with Crippen LogP contribution in [0.4, 0.5) is 5.69 Å². The predicted molar refractivity (Wildman–Crippen MR) is 95.3 cm³/mol. The minimum Gasteiger partial charge on any atom is -0.475 e. The quantitative estimate of drug-likeness (QED) is 0.561. The topological polar surface area (TPSA) is 92.7 Å². The van der Waals surface area contributed by atoms with Gasteiger partial charge < -0.3 is 19.3 Å². The van der Waals surface area contributed by atoms with Gasteiger partial charge in [0, 0.05) is 16.6 Å². The Kier molecular flexibility index (Phi) is 3.78. The SMILES string of the molecule is O=C(O)c1cc2cc(NC(=O)c3ccc(-c4ccccc4)o3)ccc2o1. The smallest absolute Gasteiger partial charge is 0.371 e. The Bertz CT molecular complexity index is 1110. The Balaban J connectivity index is 1.55. The number of carbonyl (C=O) groups is 2. The zero-order valence-electron chi connectivity index (χ0n) is 13.4. The van der Waals surface area contributed by atoms with Crippen LogP contribution in [0.15, 0.2) is 75.6 Å². The Morgan fingerprint density at radius 3 is 2.42 bits per heavy atom. The fourth-order valence-electron chi connectivity index (χ4n) is 2.64. The molecule has 0 saturated heterocycles. The summed E-state index contributed by atoms with van der Waals surface area (Å²) in [7, 11) is 0. The lowest BCUT2D eigenvalue weighted by Crippen LogP contribution is -2.10. The van der Waals surface area contributed by atoms with Crippen molar-refractivity contribution >= 4 is 28.5 Å². The number of furan rings is 2. The molecule has 0 saturated carbocycles. The number of carboxylic acid groups (broad SMARTS) is 1. The van der Waals surface area contributed by atoms with E-state index in [0.717, 1.165) is 5.56 Å². The van der Waals surface area contributed by atoms with Crippen LogP contribution in [0.25, 0.3) is 22.3 Å². The zero-order chi connectivity index (χ0) is 18.1. The number of anilines is 1. The van der Waals surface area contributed by atoms with Crippen LogP contribution in [-0.2, 0) is 0 Å². The number of fused-ring (bicyclic) bond motifs is 1. The highest BCUT2D eigenvalue weighted by Gasteiger charge is 2.14. The van der Waals surface area contributed by atoms with E-state index in [1.54, 1.807) is 30.3 Å². The van der Waals surface area contributed by atoms with E-state index in [1.165, 1.54) is 6.07 Å². The van der Waals surface area contributed by atoms with Crippen molar-refractivity contribution in [3.8, 4) is 11.3 Å². The molecule has 2 aromatic heterocycles. The molecule has 2 heterocycles. The van der Waals surface area contributed by atoms with Gasteiger partial charge in [-0.25, -0.2) is 4.79 Å². The first-order valence-corrected chi connectivity index (χ1v) is 7.84. The third-order valence-electron chi connectivity index (χ3n) is 3.87. The standard InChI is InChI=1S/C20H13NO5/c22-19(17-9-8-15(25-17)12-4-2-1-3-5-12)21-14-6-7-16-13(10-14)11-18(26-16)20(23)24/h1-11H,(H,21,22)(H,23,24). The summed E-state index contributed by atoms with van der Waals surface area (Å²) in [5.41, 5.74) is 1.83. The van der Waals surface area contributed by atoms with Crippen molar-refractivity contribution in [2.24, 2.45) is 0 Å². The lowest BCUT2D eigenvalue weighted by molar-refractivity contribution is 0.0665. The number of carboxylic acids is 1. The molecular formula is C20H13NO5. The van der Waals surface area contributed by atoms with Gasteiger partial charge in [0.25, 0.3) is 5.91 Å². The molecule has 26 heavy (non-hydrogen) atoms. The summed E-state index contributed by atoms with van der Waals surface area (Å²) in [6.07, 6.45) is 0. The molecule has 0 bridgehead atoms. The van der Waals surface area contributed by atoms with Crippen LogP contribution in [-0.4, -0.2) is 17.0 Å². The van der Waals surface area contributed by atoms with Crippen molar-refractivity contribution in [3.05, 3.63) is 78.3 Å². The minimum absolute atomic E-state index is 0.151. The zero-order valence-corrected chi connectivity index (χ0v) is 13.4. The van der Waals surface area contributed by atoms with Gasteiger partial charge in [-0.3, -0.25) is 4.79 Å². The van der Waals surface area contributed by atoms with Crippen LogP contribution in [0, 0.1) is 0 Å². The van der Waals surface area contributed by atoms with E-state index in [-0.39, 0.29) is 11.5 Å². The molecule has 0 spiro atoms. The molecule has 2 N–H and O–H groups in total. The molecule has 0 radical (unpaired) electrons. The van der Waals surface area contributed by atoms with Gasteiger partial charge in [0.2, 0.25) is 5.76 Å². The fraction of sp³-hybridized carbons (Fsp3) is 0. The molecule has 0 aliphatic carbocycles. The third-order valence-corrected chi connectivity index (χ3v) is 3.87. The van der Waals surface area contributed by atoms with Crippen LogP contribution in [0.5, 0.6) is 0 Å². The molecule has 6 heteroatoms. The predicted octanol–water partition coefficient (Wildman–Crippen LogP) is 4.64. The minimum atomic E-state index is -1.14. The van der Waals surface area contributed by atoms with Crippen LogP contribution in [0.1, 0.15) is 21.1 Å². The molecule has 4 aromatic rings. The maximum absolute atomic E-state index is 12.4. The maximum atomic E-state index is 12.4. The average molecular weight is 347 g/mol. The van der Waals surface area contributed by atoms with Crippen molar-refractivity contribution in [2.75, 3.05) is 5.32 Å². The molecule has 128 valence electrons. The number of rotatable bonds is 4. The van der Waals surface area contributed by atoms with Gasteiger partial charge in [-0.1, -0.05) is 30.3 Å². The highest BCUT2D eigenvalue weighted by atomic mass is 16.4. The molecule has 0 aliphatic rings. The lowest BCUT2D eigenvalue weighted by Gasteiger charge is -2.03. The Morgan fingerprint density at radius 1 is 0.846 bits per heavy atom. The van der Waals surface area contributed by atoms with Gasteiger partial charge in [-0.05, 0) is 36.4 Å². The number of aromatic carboxylic acids is 1. The second-order valence-electron chi connectivity index (χ2n) is 5.65. The van der Waals surface area contributed by atoms with Crippen LogP contribution in [0.3, 0.4) is 0 Å². The number of hydrogen-bond donors (Lipinski definition) is 2. The Labute approximate surface area is 147 Å². The molecule has 0 aliphatic heterocycles. The van der Waals surface area contributed by atoms with Gasteiger partial charge in [-0.15, -0.1) is 0 Å². The van der Waals surface area contributed by atoms with Crippen LogP contribution < -0.4 is 5.32 Å². The number of carbonyl (C=O) groups excluding carboxylic acids is 1. The Hall–Kier alpha value is -3.80. The maximum Gasteiger partial charge on any atom is 0.371 e. The average Bonchev–Trinajstić information content (AvgIpc) is 3.29. The number of amides is 1. The summed E-state index contributed by atoms with van der Waals surface area (Å²) in [5.74, 6) is -0.902. The highest BCUT2D eigenvalue weighted by Crippen LogP contribution is 2.25. The molecule has 0 atom stereocenters. The molecular weight excluding hydrogens is 334 g/mol. The molecule has 2 aromatic carbocycles. The van der Waals surface area contributed by atoms with E-state index in [4.69, 9.17) is 13.9 Å². The van der Waals surface area contributed by atoms with E-state index in [1.807, 2.05) is 30.3 Å². The third kappa shape index (κ3) is 2.95. The second kappa shape index (κ2) is 6.25. The highest BCUT2D eigenvalue weighted by molar-refractivity contribution is 6.03. The van der Waals surface area contributed by atoms with Gasteiger partial charge in [0.15, 0.2) is 5.76 Å². The monoisotopic (exact) mass is 347 g/mol. The summed E-state index contributed by atoms with van der Waals surface area (Å²) in [5, 5.41) is 12.3. The number of benzene rings is 2. The normalized spacial score (nSPS) is 10.8. The first-order valence-electron chi connectivity index (χ1n) is 7.84. The molecule has 4 rings (SSSR count). The molecule has 0 unspecified atom stereocenters.